The summed E-state index contributed by atoms with van der Waals surface area (Å²) in [6, 6.07) is 9.51. The van der Waals surface area contributed by atoms with E-state index in [2.05, 4.69) is 35.4 Å². The van der Waals surface area contributed by atoms with Crippen LogP contribution in [0.3, 0.4) is 0 Å². The molecule has 51 heavy (non-hydrogen) atoms. The highest BCUT2D eigenvalue weighted by Crippen LogP contribution is 2.36. The third-order valence-corrected chi connectivity index (χ3v) is 10.4. The Morgan fingerprint density at radius 2 is 1.75 bits per heavy atom. The van der Waals surface area contributed by atoms with Crippen molar-refractivity contribution < 1.29 is 31.9 Å². The number of halogens is 4. The van der Waals surface area contributed by atoms with E-state index in [4.69, 9.17) is 0 Å². The largest absolute Gasteiger partial charge is 0.573 e. The van der Waals surface area contributed by atoms with E-state index in [9.17, 15) is 27.6 Å². The van der Waals surface area contributed by atoms with Crippen LogP contribution < -0.4 is 20.9 Å². The monoisotopic (exact) mass is 709 g/mol. The number of ether oxygens (including phenoxy) is 1. The molecule has 2 aromatic carbocycles. The lowest BCUT2D eigenvalue weighted by atomic mass is 9.87. The molecule has 0 aliphatic carbocycles. The Balaban J connectivity index is 0.949. The summed E-state index contributed by atoms with van der Waals surface area (Å²) in [4.78, 5) is 40.5. The summed E-state index contributed by atoms with van der Waals surface area (Å²) < 4.78 is 61.8. The third-order valence-electron chi connectivity index (χ3n) is 10.4. The van der Waals surface area contributed by atoms with Gasteiger partial charge in [-0.1, -0.05) is 18.2 Å². The van der Waals surface area contributed by atoms with Crippen molar-refractivity contribution in [2.75, 3.05) is 31.5 Å². The van der Waals surface area contributed by atoms with Gasteiger partial charge in [0.25, 0.3) is 5.56 Å². The molecule has 270 valence electrons. The molecule has 1 unspecified atom stereocenters. The maximum absolute atomic E-state index is 15.2. The van der Waals surface area contributed by atoms with Gasteiger partial charge >= 0.3 is 6.36 Å². The number of benzene rings is 2. The van der Waals surface area contributed by atoms with Crippen molar-refractivity contribution in [3.05, 3.63) is 76.1 Å². The first-order valence-corrected chi connectivity index (χ1v) is 17.2. The minimum Gasteiger partial charge on any atom is -0.405 e. The van der Waals surface area contributed by atoms with Gasteiger partial charge in [-0.2, -0.15) is 5.10 Å². The Morgan fingerprint density at radius 1 is 0.980 bits per heavy atom. The normalized spacial score (nSPS) is 20.1. The van der Waals surface area contributed by atoms with Gasteiger partial charge in [-0.3, -0.25) is 29.7 Å². The van der Waals surface area contributed by atoms with Gasteiger partial charge in [0, 0.05) is 54.5 Å². The van der Waals surface area contributed by atoms with Crippen LogP contribution in [0, 0.1) is 5.82 Å². The molecule has 2 amide bonds. The highest BCUT2D eigenvalue weighted by molar-refractivity contribution is 6.01. The fraction of sp³-hybridized carbons (Fsp3) is 0.444. The number of H-pyrrole nitrogens is 1. The number of carbonyl (C=O) groups excluding carboxylic acids is 2. The second-order valence-corrected chi connectivity index (χ2v) is 13.7. The van der Waals surface area contributed by atoms with Crippen LogP contribution in [0.1, 0.15) is 55.6 Å². The standard InChI is InChI=1S/C36H39F4N7O4/c1-45-20-28(27-18-41-44-33(27)35(45)50)22-2-3-23(31(16-22)51-36(38,39)40)19-46-12-10-25(11-13-46)47-14-8-21(9-15-47)26-5-4-24(17-29(26)37)42-30-6-7-32(48)43-34(30)49/h2-5,16-18,20-21,25,30,42H,6-15,19H2,1H3,(H,41,44)(H,43,48,49). The number of rotatable bonds is 8. The summed E-state index contributed by atoms with van der Waals surface area (Å²) in [7, 11) is 1.57. The minimum absolute atomic E-state index is 0.0753. The first-order valence-electron chi connectivity index (χ1n) is 17.2. The van der Waals surface area contributed by atoms with Gasteiger partial charge in [-0.25, -0.2) is 4.39 Å². The number of hydrogen-bond acceptors (Lipinski definition) is 8. The predicted octanol–water partition coefficient (Wildman–Crippen LogP) is 5.03. The number of alkyl halides is 3. The van der Waals surface area contributed by atoms with E-state index in [0.29, 0.717) is 65.4 Å². The number of likely N-dealkylation sites (tertiary alicyclic amines) is 2. The maximum atomic E-state index is 15.2. The molecule has 3 fully saturated rings. The quantitative estimate of drug-likeness (QED) is 0.172. The van der Waals surface area contributed by atoms with E-state index in [0.717, 1.165) is 38.8 Å². The zero-order valence-electron chi connectivity index (χ0n) is 28.1. The van der Waals surface area contributed by atoms with E-state index in [-0.39, 0.29) is 40.9 Å². The zero-order chi connectivity index (χ0) is 35.9. The summed E-state index contributed by atoms with van der Waals surface area (Å²) in [6.07, 6.45) is 2.14. The van der Waals surface area contributed by atoms with Crippen LogP contribution in [0.5, 0.6) is 5.75 Å². The highest BCUT2D eigenvalue weighted by Gasteiger charge is 2.34. The number of aryl methyl sites for hydroxylation is 1. The van der Waals surface area contributed by atoms with Crippen molar-refractivity contribution in [1.29, 1.82) is 0 Å². The summed E-state index contributed by atoms with van der Waals surface area (Å²) in [6.45, 7) is 3.37. The average Bonchev–Trinajstić information content (AvgIpc) is 3.59. The summed E-state index contributed by atoms with van der Waals surface area (Å²) in [5.41, 5.74) is 2.60. The number of nitrogens with one attached hydrogen (secondary N) is 3. The molecule has 3 aliphatic heterocycles. The first-order chi connectivity index (χ1) is 24.4. The van der Waals surface area contributed by atoms with Gasteiger partial charge in [-0.05, 0) is 93.5 Å². The van der Waals surface area contributed by atoms with Crippen LogP contribution in [0.25, 0.3) is 22.0 Å². The van der Waals surface area contributed by atoms with Gasteiger partial charge in [0.1, 0.15) is 23.1 Å². The van der Waals surface area contributed by atoms with Crippen molar-refractivity contribution in [3.63, 3.8) is 0 Å². The molecule has 4 aromatic rings. The molecule has 11 nitrogen and oxygen atoms in total. The Morgan fingerprint density at radius 3 is 2.45 bits per heavy atom. The number of anilines is 1. The van der Waals surface area contributed by atoms with Gasteiger partial charge in [0.15, 0.2) is 0 Å². The topological polar surface area (TPSA) is 125 Å². The lowest BCUT2D eigenvalue weighted by molar-refractivity contribution is -0.275. The summed E-state index contributed by atoms with van der Waals surface area (Å²) in [5.74, 6) is -1.22. The van der Waals surface area contributed by atoms with Crippen LogP contribution in [0.4, 0.5) is 23.2 Å². The Labute approximate surface area is 290 Å². The lowest BCUT2D eigenvalue weighted by Crippen LogP contribution is -2.47. The number of nitrogens with zero attached hydrogens (tertiary/aromatic N) is 4. The number of hydrogen-bond donors (Lipinski definition) is 3. The molecular formula is C36H39F4N7O4. The molecule has 0 saturated carbocycles. The van der Waals surface area contributed by atoms with Crippen molar-refractivity contribution in [2.45, 2.75) is 69.4 Å². The molecule has 0 spiro atoms. The van der Waals surface area contributed by atoms with Crippen molar-refractivity contribution in [3.8, 4) is 16.9 Å². The third kappa shape index (κ3) is 7.64. The lowest BCUT2D eigenvalue weighted by Gasteiger charge is -2.42. The van der Waals surface area contributed by atoms with E-state index in [1.165, 1.54) is 22.9 Å². The Bertz CT molecular complexity index is 2000. The predicted molar refractivity (Wildman–Crippen MR) is 181 cm³/mol. The molecule has 15 heteroatoms. The van der Waals surface area contributed by atoms with Gasteiger partial charge < -0.3 is 19.5 Å². The van der Waals surface area contributed by atoms with Crippen LogP contribution in [-0.2, 0) is 23.2 Å². The van der Waals surface area contributed by atoms with Crippen molar-refractivity contribution >= 4 is 28.4 Å². The number of pyridine rings is 1. The SMILES string of the molecule is Cn1cc(-c2ccc(CN3CCC(N4CCC(c5ccc(NC6CCC(=O)NC6=O)cc5F)CC4)CC3)c(OC(F)(F)F)c2)c2cn[nH]c2c1=O. The van der Waals surface area contributed by atoms with Crippen molar-refractivity contribution in [1.82, 2.24) is 29.9 Å². The number of aromatic nitrogens is 3. The number of fused-ring (bicyclic) bond motifs is 1. The van der Waals surface area contributed by atoms with Crippen LogP contribution in [-0.4, -0.2) is 81.0 Å². The fourth-order valence-corrected chi connectivity index (χ4v) is 7.69. The number of aromatic amines is 1. The molecule has 2 aromatic heterocycles. The fourth-order valence-electron chi connectivity index (χ4n) is 7.69. The van der Waals surface area contributed by atoms with Gasteiger partial charge in [-0.15, -0.1) is 13.2 Å². The molecule has 0 radical (unpaired) electrons. The van der Waals surface area contributed by atoms with E-state index >= 15 is 4.39 Å². The molecule has 3 N–H and O–H groups in total. The second kappa shape index (κ2) is 14.1. The number of piperidine rings is 3. The highest BCUT2D eigenvalue weighted by atomic mass is 19.4. The Kier molecular flexibility index (Phi) is 9.59. The van der Waals surface area contributed by atoms with Gasteiger partial charge in [0.2, 0.25) is 11.8 Å². The number of imide groups is 1. The van der Waals surface area contributed by atoms with E-state index < -0.39 is 18.3 Å². The molecule has 3 saturated heterocycles. The van der Waals surface area contributed by atoms with E-state index in [1.807, 2.05) is 0 Å². The number of carbonyl (C=O) groups is 2. The minimum atomic E-state index is -4.88. The molecular weight excluding hydrogens is 670 g/mol. The van der Waals surface area contributed by atoms with Crippen molar-refractivity contribution in [2.24, 2.45) is 7.05 Å². The molecule has 7 rings (SSSR count). The Hall–Kier alpha value is -4.76. The maximum Gasteiger partial charge on any atom is 0.573 e. The van der Waals surface area contributed by atoms with Crippen LogP contribution in [0.15, 0.2) is 53.6 Å². The van der Waals surface area contributed by atoms with Gasteiger partial charge in [0.05, 0.1) is 6.20 Å². The average molecular weight is 710 g/mol. The van der Waals surface area contributed by atoms with Crippen LogP contribution >= 0.6 is 0 Å². The summed E-state index contributed by atoms with van der Waals surface area (Å²) in [5, 5.41) is 12.5. The molecule has 1 atom stereocenters. The smallest absolute Gasteiger partial charge is 0.405 e. The molecule has 3 aliphatic rings. The summed E-state index contributed by atoms with van der Waals surface area (Å²) >= 11 is 0. The number of amides is 2. The second-order valence-electron chi connectivity index (χ2n) is 13.7. The zero-order valence-corrected chi connectivity index (χ0v) is 28.1. The first kappa shape index (κ1) is 34.7. The van der Waals surface area contributed by atoms with E-state index in [1.54, 1.807) is 37.5 Å². The van der Waals surface area contributed by atoms with Crippen LogP contribution in [0.2, 0.25) is 0 Å². The molecule has 5 heterocycles. The molecule has 0 bridgehead atoms.